The highest BCUT2D eigenvalue weighted by Gasteiger charge is 2.21. The fourth-order valence-electron chi connectivity index (χ4n) is 3.74. The van der Waals surface area contributed by atoms with Gasteiger partial charge >= 0.3 is 0 Å². The Morgan fingerprint density at radius 3 is 2.33 bits per heavy atom. The molecule has 1 saturated heterocycles. The summed E-state index contributed by atoms with van der Waals surface area (Å²) in [6, 6.07) is 21.0. The number of rotatable bonds is 4. The molecule has 1 fully saturated rings. The standard InChI is InChI=1S/C23H22ClFN2/c24-20-8-4-19(5-9-20)23-3-1-2-22(26-23)16-27-14-12-18(13-15-27)17-6-10-21(25)11-7-17/h1-11,18H,12-16H2. The molecule has 1 aliphatic rings. The number of nitrogens with zero attached hydrogens (tertiary/aromatic N) is 2. The van der Waals surface area contributed by atoms with E-state index in [9.17, 15) is 4.39 Å². The maximum Gasteiger partial charge on any atom is 0.123 e. The van der Waals surface area contributed by atoms with Crippen molar-refractivity contribution in [1.29, 1.82) is 0 Å². The van der Waals surface area contributed by atoms with E-state index in [0.29, 0.717) is 5.92 Å². The van der Waals surface area contributed by atoms with Gasteiger partial charge in [0.05, 0.1) is 11.4 Å². The van der Waals surface area contributed by atoms with Crippen LogP contribution in [0, 0.1) is 5.82 Å². The first-order chi connectivity index (χ1) is 13.2. The van der Waals surface area contributed by atoms with E-state index in [1.807, 2.05) is 42.5 Å². The number of halogens is 2. The van der Waals surface area contributed by atoms with Crippen molar-refractivity contribution in [3.63, 3.8) is 0 Å². The Morgan fingerprint density at radius 2 is 1.63 bits per heavy atom. The number of likely N-dealkylation sites (tertiary alicyclic amines) is 1. The van der Waals surface area contributed by atoms with Crippen molar-refractivity contribution < 1.29 is 4.39 Å². The minimum absolute atomic E-state index is 0.164. The highest BCUT2D eigenvalue weighted by atomic mass is 35.5. The lowest BCUT2D eigenvalue weighted by Gasteiger charge is -2.32. The zero-order valence-electron chi connectivity index (χ0n) is 15.1. The second-order valence-corrected chi connectivity index (χ2v) is 7.56. The van der Waals surface area contributed by atoms with Crippen LogP contribution in [-0.2, 0) is 6.54 Å². The van der Waals surface area contributed by atoms with E-state index in [1.54, 1.807) is 12.1 Å². The summed E-state index contributed by atoms with van der Waals surface area (Å²) in [6.45, 7) is 2.93. The number of pyridine rings is 1. The molecule has 0 amide bonds. The molecule has 0 atom stereocenters. The van der Waals surface area contributed by atoms with Gasteiger partial charge in [-0.2, -0.15) is 0 Å². The van der Waals surface area contributed by atoms with Crippen molar-refractivity contribution in [2.45, 2.75) is 25.3 Å². The van der Waals surface area contributed by atoms with E-state index in [-0.39, 0.29) is 5.82 Å². The predicted octanol–water partition coefficient (Wildman–Crippen LogP) is 5.92. The highest BCUT2D eigenvalue weighted by Crippen LogP contribution is 2.29. The predicted molar refractivity (Wildman–Crippen MR) is 108 cm³/mol. The van der Waals surface area contributed by atoms with Gasteiger partial charge in [0.25, 0.3) is 0 Å². The Balaban J connectivity index is 1.38. The molecule has 4 heteroatoms. The molecule has 2 aromatic carbocycles. The third-order valence-electron chi connectivity index (χ3n) is 5.26. The molecule has 138 valence electrons. The quantitative estimate of drug-likeness (QED) is 0.558. The van der Waals surface area contributed by atoms with E-state index in [4.69, 9.17) is 16.6 Å². The van der Waals surface area contributed by atoms with Crippen molar-refractivity contribution in [3.05, 3.63) is 88.8 Å². The number of benzene rings is 2. The average Bonchev–Trinajstić information content (AvgIpc) is 2.70. The second kappa shape index (κ2) is 8.20. The maximum atomic E-state index is 13.1. The Kier molecular flexibility index (Phi) is 5.51. The molecule has 1 aromatic heterocycles. The zero-order valence-corrected chi connectivity index (χ0v) is 15.9. The maximum absolute atomic E-state index is 13.1. The highest BCUT2D eigenvalue weighted by molar-refractivity contribution is 6.30. The lowest BCUT2D eigenvalue weighted by Crippen LogP contribution is -2.32. The van der Waals surface area contributed by atoms with Gasteiger partial charge in [-0.1, -0.05) is 41.9 Å². The molecule has 0 bridgehead atoms. The molecule has 0 N–H and O–H groups in total. The lowest BCUT2D eigenvalue weighted by atomic mass is 9.89. The molecule has 0 saturated carbocycles. The summed E-state index contributed by atoms with van der Waals surface area (Å²) >= 11 is 5.98. The van der Waals surface area contributed by atoms with Crippen molar-refractivity contribution in [3.8, 4) is 11.3 Å². The molecular formula is C23H22ClFN2. The molecule has 2 heterocycles. The van der Waals surface area contributed by atoms with Crippen molar-refractivity contribution in [1.82, 2.24) is 9.88 Å². The Hall–Kier alpha value is -2.23. The van der Waals surface area contributed by atoms with Crippen LogP contribution in [0.3, 0.4) is 0 Å². The summed E-state index contributed by atoms with van der Waals surface area (Å²) in [5.74, 6) is 0.359. The average molecular weight is 381 g/mol. The molecular weight excluding hydrogens is 359 g/mol. The van der Waals surface area contributed by atoms with Crippen molar-refractivity contribution in [2.75, 3.05) is 13.1 Å². The minimum Gasteiger partial charge on any atom is -0.297 e. The van der Waals surface area contributed by atoms with Crippen LogP contribution in [0.15, 0.2) is 66.7 Å². The van der Waals surface area contributed by atoms with Crippen LogP contribution in [-0.4, -0.2) is 23.0 Å². The van der Waals surface area contributed by atoms with Gasteiger partial charge in [0.2, 0.25) is 0 Å². The van der Waals surface area contributed by atoms with Gasteiger partial charge in [-0.3, -0.25) is 9.88 Å². The monoisotopic (exact) mass is 380 g/mol. The van der Waals surface area contributed by atoms with E-state index < -0.39 is 0 Å². The lowest BCUT2D eigenvalue weighted by molar-refractivity contribution is 0.202. The molecule has 2 nitrogen and oxygen atoms in total. The molecule has 0 aliphatic carbocycles. The topological polar surface area (TPSA) is 16.1 Å². The smallest absolute Gasteiger partial charge is 0.123 e. The molecule has 0 spiro atoms. The summed E-state index contributed by atoms with van der Waals surface area (Å²) in [5, 5.41) is 0.735. The summed E-state index contributed by atoms with van der Waals surface area (Å²) in [7, 11) is 0. The fourth-order valence-corrected chi connectivity index (χ4v) is 3.86. The van der Waals surface area contributed by atoms with Crippen LogP contribution >= 0.6 is 11.6 Å². The van der Waals surface area contributed by atoms with Gasteiger partial charge in [-0.15, -0.1) is 0 Å². The van der Waals surface area contributed by atoms with E-state index in [0.717, 1.165) is 54.4 Å². The number of piperidine rings is 1. The normalized spacial score (nSPS) is 15.8. The van der Waals surface area contributed by atoms with Crippen LogP contribution in [0.25, 0.3) is 11.3 Å². The third kappa shape index (κ3) is 4.55. The molecule has 3 aromatic rings. The molecule has 0 unspecified atom stereocenters. The van der Waals surface area contributed by atoms with Crippen LogP contribution in [0.2, 0.25) is 5.02 Å². The van der Waals surface area contributed by atoms with Gasteiger partial charge in [-0.05, 0) is 73.8 Å². The first kappa shape index (κ1) is 18.1. The van der Waals surface area contributed by atoms with Crippen LogP contribution in [0.4, 0.5) is 4.39 Å². The first-order valence-electron chi connectivity index (χ1n) is 9.37. The van der Waals surface area contributed by atoms with E-state index >= 15 is 0 Å². The fraction of sp³-hybridized carbons (Fsp3) is 0.261. The molecule has 0 radical (unpaired) electrons. The van der Waals surface area contributed by atoms with Crippen molar-refractivity contribution in [2.24, 2.45) is 0 Å². The Morgan fingerprint density at radius 1 is 0.926 bits per heavy atom. The van der Waals surface area contributed by atoms with Gasteiger partial charge in [-0.25, -0.2) is 4.39 Å². The largest absolute Gasteiger partial charge is 0.297 e. The van der Waals surface area contributed by atoms with Gasteiger partial charge in [0.15, 0.2) is 0 Å². The Bertz CT molecular complexity index is 885. The summed E-state index contributed by atoms with van der Waals surface area (Å²) < 4.78 is 13.1. The zero-order chi connectivity index (χ0) is 18.6. The Labute approximate surface area is 164 Å². The first-order valence-corrected chi connectivity index (χ1v) is 9.75. The summed E-state index contributed by atoms with van der Waals surface area (Å²) in [5.41, 5.74) is 4.39. The molecule has 27 heavy (non-hydrogen) atoms. The number of hydrogen-bond acceptors (Lipinski definition) is 2. The minimum atomic E-state index is -0.164. The molecule has 1 aliphatic heterocycles. The van der Waals surface area contributed by atoms with Crippen molar-refractivity contribution >= 4 is 11.6 Å². The summed E-state index contributed by atoms with van der Waals surface area (Å²) in [4.78, 5) is 7.28. The number of hydrogen-bond donors (Lipinski definition) is 0. The number of aromatic nitrogens is 1. The summed E-state index contributed by atoms with van der Waals surface area (Å²) in [6.07, 6.45) is 2.20. The second-order valence-electron chi connectivity index (χ2n) is 7.12. The third-order valence-corrected chi connectivity index (χ3v) is 5.51. The van der Waals surface area contributed by atoms with Crippen LogP contribution in [0.5, 0.6) is 0 Å². The van der Waals surface area contributed by atoms with E-state index in [2.05, 4.69) is 17.0 Å². The van der Waals surface area contributed by atoms with Crippen LogP contribution < -0.4 is 0 Å². The van der Waals surface area contributed by atoms with E-state index in [1.165, 1.54) is 5.56 Å². The van der Waals surface area contributed by atoms with Gasteiger partial charge < -0.3 is 0 Å². The SMILES string of the molecule is Fc1ccc(C2CCN(Cc3cccc(-c4ccc(Cl)cc4)n3)CC2)cc1. The molecule has 4 rings (SSSR count). The van der Waals surface area contributed by atoms with Gasteiger partial charge in [0.1, 0.15) is 5.82 Å². The van der Waals surface area contributed by atoms with Crippen LogP contribution in [0.1, 0.15) is 30.0 Å². The van der Waals surface area contributed by atoms with Gasteiger partial charge in [0, 0.05) is 17.1 Å².